The van der Waals surface area contributed by atoms with Gasteiger partial charge in [-0.3, -0.25) is 9.79 Å². The van der Waals surface area contributed by atoms with Crippen LogP contribution in [0.4, 0.5) is 0 Å². The van der Waals surface area contributed by atoms with E-state index < -0.39 is 0 Å². The molecule has 2 saturated carbocycles. The average molecular weight is 322 g/mol. The van der Waals surface area contributed by atoms with Crippen molar-refractivity contribution in [2.45, 2.75) is 57.6 Å². The standard InChI is InChI=1S/C17H30N4O2/c1-17(8-4-3-5-14(17)22)12-19-16(18-2)20-9-10-21(13-6-7-13)15(23)11-20/h13-14,22H,3-12H2,1-2H3,(H,18,19). The van der Waals surface area contributed by atoms with Gasteiger partial charge in [-0.15, -0.1) is 0 Å². The summed E-state index contributed by atoms with van der Waals surface area (Å²) >= 11 is 0. The molecule has 0 aromatic heterocycles. The lowest BCUT2D eigenvalue weighted by molar-refractivity contribution is -0.135. The number of rotatable bonds is 3. The Morgan fingerprint density at radius 3 is 2.74 bits per heavy atom. The molecule has 1 heterocycles. The Morgan fingerprint density at radius 2 is 2.13 bits per heavy atom. The number of hydrogen-bond donors (Lipinski definition) is 2. The van der Waals surface area contributed by atoms with Crippen molar-refractivity contribution in [3.05, 3.63) is 0 Å². The van der Waals surface area contributed by atoms with Crippen molar-refractivity contribution in [3.63, 3.8) is 0 Å². The molecule has 2 atom stereocenters. The second kappa shape index (κ2) is 6.67. The van der Waals surface area contributed by atoms with Crippen LogP contribution in [-0.4, -0.2) is 72.1 Å². The molecule has 0 spiro atoms. The zero-order valence-electron chi connectivity index (χ0n) is 14.4. The lowest BCUT2D eigenvalue weighted by Crippen LogP contribution is -2.57. The highest BCUT2D eigenvalue weighted by Crippen LogP contribution is 2.35. The smallest absolute Gasteiger partial charge is 0.242 e. The molecular weight excluding hydrogens is 292 g/mol. The van der Waals surface area contributed by atoms with E-state index in [0.29, 0.717) is 19.1 Å². The van der Waals surface area contributed by atoms with Gasteiger partial charge in [0.05, 0.1) is 12.6 Å². The largest absolute Gasteiger partial charge is 0.392 e. The summed E-state index contributed by atoms with van der Waals surface area (Å²) in [6, 6.07) is 0.496. The van der Waals surface area contributed by atoms with Crippen LogP contribution in [0.3, 0.4) is 0 Å². The van der Waals surface area contributed by atoms with E-state index in [9.17, 15) is 9.90 Å². The van der Waals surface area contributed by atoms with Gasteiger partial charge in [0.2, 0.25) is 5.91 Å². The lowest BCUT2D eigenvalue weighted by atomic mass is 9.73. The second-order valence-corrected chi connectivity index (χ2v) is 7.56. The Balaban J connectivity index is 1.55. The fraction of sp³-hybridized carbons (Fsp3) is 0.882. The van der Waals surface area contributed by atoms with Crippen LogP contribution >= 0.6 is 0 Å². The van der Waals surface area contributed by atoms with E-state index >= 15 is 0 Å². The molecule has 3 fully saturated rings. The summed E-state index contributed by atoms with van der Waals surface area (Å²) in [7, 11) is 1.76. The minimum absolute atomic E-state index is 0.103. The fourth-order valence-electron chi connectivity index (χ4n) is 3.84. The minimum atomic E-state index is -0.254. The number of hydrogen-bond acceptors (Lipinski definition) is 3. The Hall–Kier alpha value is -1.30. The number of guanidine groups is 1. The van der Waals surface area contributed by atoms with E-state index in [1.165, 1.54) is 6.42 Å². The fourth-order valence-corrected chi connectivity index (χ4v) is 3.84. The first-order chi connectivity index (χ1) is 11.0. The van der Waals surface area contributed by atoms with Crippen molar-refractivity contribution in [3.8, 4) is 0 Å². The SMILES string of the molecule is CN=C(NCC1(C)CCCCC1O)N1CCN(C2CC2)C(=O)C1. The first-order valence-electron chi connectivity index (χ1n) is 8.96. The number of aliphatic hydroxyl groups is 1. The van der Waals surface area contributed by atoms with Crippen molar-refractivity contribution >= 4 is 11.9 Å². The number of nitrogens with zero attached hydrogens (tertiary/aromatic N) is 3. The van der Waals surface area contributed by atoms with Crippen LogP contribution in [0.25, 0.3) is 0 Å². The van der Waals surface area contributed by atoms with Crippen molar-refractivity contribution in [2.24, 2.45) is 10.4 Å². The number of aliphatic hydroxyl groups excluding tert-OH is 1. The maximum Gasteiger partial charge on any atom is 0.242 e. The summed E-state index contributed by atoms with van der Waals surface area (Å²) in [6.07, 6.45) is 6.27. The zero-order valence-corrected chi connectivity index (χ0v) is 14.4. The maximum absolute atomic E-state index is 12.3. The van der Waals surface area contributed by atoms with Crippen LogP contribution in [0.5, 0.6) is 0 Å². The quantitative estimate of drug-likeness (QED) is 0.596. The van der Waals surface area contributed by atoms with Crippen LogP contribution < -0.4 is 5.32 Å². The maximum atomic E-state index is 12.3. The van der Waals surface area contributed by atoms with E-state index in [2.05, 4.69) is 17.2 Å². The number of aliphatic imine (C=N–C) groups is 1. The third-order valence-electron chi connectivity index (χ3n) is 5.69. The van der Waals surface area contributed by atoms with Gasteiger partial charge in [0, 0.05) is 38.1 Å². The summed E-state index contributed by atoms with van der Waals surface area (Å²) in [5.41, 5.74) is -0.103. The monoisotopic (exact) mass is 322 g/mol. The molecule has 2 aliphatic carbocycles. The molecular formula is C17H30N4O2. The van der Waals surface area contributed by atoms with E-state index in [0.717, 1.165) is 51.2 Å². The second-order valence-electron chi connectivity index (χ2n) is 7.56. The Kier molecular flexibility index (Phi) is 4.80. The number of carbonyl (C=O) groups is 1. The summed E-state index contributed by atoms with van der Waals surface area (Å²) in [5, 5.41) is 13.7. The molecule has 6 heteroatoms. The summed E-state index contributed by atoms with van der Waals surface area (Å²) in [4.78, 5) is 20.7. The van der Waals surface area contributed by atoms with Gasteiger partial charge in [-0.2, -0.15) is 0 Å². The van der Waals surface area contributed by atoms with Crippen molar-refractivity contribution < 1.29 is 9.90 Å². The van der Waals surface area contributed by atoms with Crippen LogP contribution in [0.2, 0.25) is 0 Å². The number of carbonyl (C=O) groups excluding carboxylic acids is 1. The summed E-state index contributed by atoms with van der Waals surface area (Å²) in [5.74, 6) is 0.999. The normalized spacial score (nSPS) is 33.1. The highest BCUT2D eigenvalue weighted by molar-refractivity contribution is 5.88. The van der Waals surface area contributed by atoms with Gasteiger partial charge in [-0.25, -0.2) is 0 Å². The Morgan fingerprint density at radius 1 is 1.35 bits per heavy atom. The molecule has 130 valence electrons. The number of piperazine rings is 1. The molecule has 1 saturated heterocycles. The van der Waals surface area contributed by atoms with Crippen LogP contribution in [0, 0.1) is 5.41 Å². The molecule has 2 N–H and O–H groups in total. The highest BCUT2D eigenvalue weighted by Gasteiger charge is 2.38. The Bertz CT molecular complexity index is 477. The third kappa shape index (κ3) is 3.62. The topological polar surface area (TPSA) is 68.2 Å². The molecule has 0 radical (unpaired) electrons. The van der Waals surface area contributed by atoms with Crippen LogP contribution in [0.1, 0.15) is 45.4 Å². The third-order valence-corrected chi connectivity index (χ3v) is 5.69. The van der Waals surface area contributed by atoms with Gasteiger partial charge in [0.15, 0.2) is 5.96 Å². The molecule has 1 aliphatic heterocycles. The predicted molar refractivity (Wildman–Crippen MR) is 90.3 cm³/mol. The van der Waals surface area contributed by atoms with E-state index in [4.69, 9.17) is 0 Å². The molecule has 6 nitrogen and oxygen atoms in total. The molecule has 0 aromatic carbocycles. The summed E-state index contributed by atoms with van der Waals surface area (Å²) in [6.45, 7) is 4.89. The van der Waals surface area contributed by atoms with Crippen molar-refractivity contribution in [1.29, 1.82) is 0 Å². The van der Waals surface area contributed by atoms with E-state index in [1.807, 2.05) is 9.80 Å². The van der Waals surface area contributed by atoms with Crippen molar-refractivity contribution in [1.82, 2.24) is 15.1 Å². The van der Waals surface area contributed by atoms with Gasteiger partial charge in [0.1, 0.15) is 0 Å². The highest BCUT2D eigenvalue weighted by atomic mass is 16.3. The van der Waals surface area contributed by atoms with E-state index in [1.54, 1.807) is 7.05 Å². The first-order valence-corrected chi connectivity index (χ1v) is 8.96. The van der Waals surface area contributed by atoms with Gasteiger partial charge in [0.25, 0.3) is 0 Å². The average Bonchev–Trinajstić information content (AvgIpc) is 3.36. The molecule has 23 heavy (non-hydrogen) atoms. The van der Waals surface area contributed by atoms with Gasteiger partial charge >= 0.3 is 0 Å². The zero-order chi connectivity index (χ0) is 16.4. The molecule has 0 aromatic rings. The minimum Gasteiger partial charge on any atom is -0.392 e. The van der Waals surface area contributed by atoms with E-state index in [-0.39, 0.29) is 17.4 Å². The molecule has 3 rings (SSSR count). The molecule has 1 amide bonds. The van der Waals surface area contributed by atoms with Gasteiger partial charge in [-0.05, 0) is 25.7 Å². The van der Waals surface area contributed by atoms with Crippen LogP contribution in [0.15, 0.2) is 4.99 Å². The van der Waals surface area contributed by atoms with Crippen LogP contribution in [-0.2, 0) is 4.79 Å². The molecule has 3 aliphatic rings. The first kappa shape index (κ1) is 16.6. The number of amides is 1. The number of nitrogens with one attached hydrogen (secondary N) is 1. The Labute approximate surface area is 138 Å². The van der Waals surface area contributed by atoms with Crippen molar-refractivity contribution in [2.75, 3.05) is 33.2 Å². The summed E-state index contributed by atoms with van der Waals surface area (Å²) < 4.78 is 0. The predicted octanol–water partition coefficient (Wildman–Crippen LogP) is 0.810. The lowest BCUT2D eigenvalue weighted by Gasteiger charge is -2.41. The molecule has 0 bridgehead atoms. The van der Waals surface area contributed by atoms with Gasteiger partial charge < -0.3 is 20.2 Å². The molecule has 2 unspecified atom stereocenters. The van der Waals surface area contributed by atoms with Gasteiger partial charge in [-0.1, -0.05) is 19.8 Å².